The Bertz CT molecular complexity index is 433. The van der Waals surface area contributed by atoms with Crippen molar-refractivity contribution in [3.63, 3.8) is 0 Å². The van der Waals surface area contributed by atoms with Gasteiger partial charge in [-0.05, 0) is 18.6 Å². The molecule has 0 fully saturated rings. The lowest BCUT2D eigenvalue weighted by molar-refractivity contribution is -0.119. The van der Waals surface area contributed by atoms with Crippen LogP contribution in [0.3, 0.4) is 0 Å². The van der Waals surface area contributed by atoms with Crippen LogP contribution in [0.4, 0.5) is 11.4 Å². The molecule has 0 spiro atoms. The van der Waals surface area contributed by atoms with Gasteiger partial charge in [-0.3, -0.25) is 4.79 Å². The summed E-state index contributed by atoms with van der Waals surface area (Å²) in [5, 5.41) is 3.22. The molecule has 0 radical (unpaired) electrons. The van der Waals surface area contributed by atoms with E-state index in [1.807, 2.05) is 11.0 Å². The standard InChI is InChI=1S/C11H14ClN3O/c1-14-11(16)6-15-3-2-8-9(13)4-7(12)5-10(8)15/h4-5H,2-3,6,13H2,1H3,(H,14,16). The van der Waals surface area contributed by atoms with Crippen molar-refractivity contribution in [3.05, 3.63) is 22.7 Å². The summed E-state index contributed by atoms with van der Waals surface area (Å²) in [5.74, 6) is -0.00797. The molecule has 16 heavy (non-hydrogen) atoms. The second-order valence-electron chi connectivity index (χ2n) is 3.84. The molecule has 2 rings (SSSR count). The van der Waals surface area contributed by atoms with Gasteiger partial charge in [-0.2, -0.15) is 0 Å². The number of carbonyl (C=O) groups is 1. The zero-order chi connectivity index (χ0) is 11.7. The van der Waals surface area contributed by atoms with Gasteiger partial charge in [-0.1, -0.05) is 11.6 Å². The fourth-order valence-electron chi connectivity index (χ4n) is 1.98. The van der Waals surface area contributed by atoms with Gasteiger partial charge in [0.15, 0.2) is 0 Å². The van der Waals surface area contributed by atoms with Crippen LogP contribution in [0, 0.1) is 0 Å². The summed E-state index contributed by atoms with van der Waals surface area (Å²) in [6.07, 6.45) is 0.870. The number of nitrogen functional groups attached to an aromatic ring is 1. The van der Waals surface area contributed by atoms with Crippen molar-refractivity contribution in [3.8, 4) is 0 Å². The van der Waals surface area contributed by atoms with E-state index in [4.69, 9.17) is 17.3 Å². The van der Waals surface area contributed by atoms with Crippen molar-refractivity contribution in [1.82, 2.24) is 5.32 Å². The molecule has 0 saturated heterocycles. The SMILES string of the molecule is CNC(=O)CN1CCc2c(N)cc(Cl)cc21. The van der Waals surface area contributed by atoms with Crippen molar-refractivity contribution >= 4 is 28.9 Å². The molecule has 5 heteroatoms. The maximum atomic E-state index is 11.3. The van der Waals surface area contributed by atoms with Gasteiger partial charge in [0.05, 0.1) is 6.54 Å². The van der Waals surface area contributed by atoms with Gasteiger partial charge in [0.2, 0.25) is 5.91 Å². The highest BCUT2D eigenvalue weighted by atomic mass is 35.5. The number of amides is 1. The Morgan fingerprint density at radius 1 is 1.62 bits per heavy atom. The maximum absolute atomic E-state index is 11.3. The number of likely N-dealkylation sites (N-methyl/N-ethyl adjacent to an activating group) is 1. The number of fused-ring (bicyclic) bond motifs is 1. The molecule has 4 nitrogen and oxygen atoms in total. The first-order valence-electron chi connectivity index (χ1n) is 5.15. The summed E-state index contributed by atoms with van der Waals surface area (Å²) in [6.45, 7) is 1.16. The van der Waals surface area contributed by atoms with E-state index in [0.717, 1.165) is 24.2 Å². The van der Waals surface area contributed by atoms with E-state index in [2.05, 4.69) is 5.32 Å². The topological polar surface area (TPSA) is 58.4 Å². The predicted molar refractivity (Wildman–Crippen MR) is 65.8 cm³/mol. The number of rotatable bonds is 2. The minimum atomic E-state index is -0.00797. The molecule has 0 aliphatic carbocycles. The number of hydrogen-bond acceptors (Lipinski definition) is 3. The number of nitrogens with zero attached hydrogens (tertiary/aromatic N) is 1. The van der Waals surface area contributed by atoms with E-state index < -0.39 is 0 Å². The Morgan fingerprint density at radius 3 is 3.06 bits per heavy atom. The first-order valence-corrected chi connectivity index (χ1v) is 5.53. The molecule has 1 heterocycles. The normalized spacial score (nSPS) is 13.8. The summed E-state index contributed by atoms with van der Waals surface area (Å²) in [5.41, 5.74) is 8.67. The zero-order valence-corrected chi connectivity index (χ0v) is 9.84. The van der Waals surface area contributed by atoms with Gasteiger partial charge in [-0.15, -0.1) is 0 Å². The third-order valence-electron chi connectivity index (χ3n) is 2.81. The number of hydrogen-bond donors (Lipinski definition) is 2. The predicted octanol–water partition coefficient (Wildman–Crippen LogP) is 1.03. The van der Waals surface area contributed by atoms with Crippen LogP contribution in [0.25, 0.3) is 0 Å². The summed E-state index contributed by atoms with van der Waals surface area (Å²) >= 11 is 5.96. The summed E-state index contributed by atoms with van der Waals surface area (Å²) in [7, 11) is 1.63. The Balaban J connectivity index is 2.28. The van der Waals surface area contributed by atoms with Crippen LogP contribution in [-0.4, -0.2) is 26.0 Å². The third-order valence-corrected chi connectivity index (χ3v) is 3.03. The lowest BCUT2D eigenvalue weighted by Crippen LogP contribution is -2.34. The zero-order valence-electron chi connectivity index (χ0n) is 9.09. The lowest BCUT2D eigenvalue weighted by atomic mass is 10.1. The van der Waals surface area contributed by atoms with Gasteiger partial charge >= 0.3 is 0 Å². The fraction of sp³-hybridized carbons (Fsp3) is 0.364. The molecule has 0 bridgehead atoms. The van der Waals surface area contributed by atoms with E-state index in [9.17, 15) is 4.79 Å². The van der Waals surface area contributed by atoms with E-state index in [-0.39, 0.29) is 5.91 Å². The minimum Gasteiger partial charge on any atom is -0.398 e. The molecule has 1 aromatic carbocycles. The van der Waals surface area contributed by atoms with Crippen molar-refractivity contribution in [2.24, 2.45) is 0 Å². The van der Waals surface area contributed by atoms with Crippen molar-refractivity contribution < 1.29 is 4.79 Å². The Morgan fingerprint density at radius 2 is 2.38 bits per heavy atom. The second kappa shape index (κ2) is 4.22. The average Bonchev–Trinajstić information content (AvgIpc) is 2.61. The number of anilines is 2. The van der Waals surface area contributed by atoms with E-state index in [1.165, 1.54) is 0 Å². The summed E-state index contributed by atoms with van der Waals surface area (Å²) < 4.78 is 0. The molecule has 86 valence electrons. The van der Waals surface area contributed by atoms with Crippen molar-refractivity contribution in [1.29, 1.82) is 0 Å². The first-order chi connectivity index (χ1) is 7.61. The molecule has 1 aromatic rings. The molecule has 1 amide bonds. The number of nitrogens with one attached hydrogen (secondary N) is 1. The van der Waals surface area contributed by atoms with E-state index >= 15 is 0 Å². The molecule has 0 saturated carbocycles. The molecule has 0 unspecified atom stereocenters. The van der Waals surface area contributed by atoms with E-state index in [1.54, 1.807) is 13.1 Å². The number of carbonyl (C=O) groups excluding carboxylic acids is 1. The molecule has 1 aliphatic rings. The van der Waals surface area contributed by atoms with Crippen LogP contribution < -0.4 is 16.0 Å². The molecule has 3 N–H and O–H groups in total. The molecule has 0 aromatic heterocycles. The highest BCUT2D eigenvalue weighted by molar-refractivity contribution is 6.31. The average molecular weight is 240 g/mol. The van der Waals surface area contributed by atoms with Crippen LogP contribution in [0.2, 0.25) is 5.02 Å². The molecular formula is C11H14ClN3O. The van der Waals surface area contributed by atoms with Gasteiger partial charge in [0, 0.05) is 35.6 Å². The lowest BCUT2D eigenvalue weighted by Gasteiger charge is -2.18. The number of benzene rings is 1. The molecule has 0 atom stereocenters. The van der Waals surface area contributed by atoms with Crippen LogP contribution in [-0.2, 0) is 11.2 Å². The van der Waals surface area contributed by atoms with Gasteiger partial charge in [-0.25, -0.2) is 0 Å². The third kappa shape index (κ3) is 1.93. The molecule has 1 aliphatic heterocycles. The summed E-state index contributed by atoms with van der Waals surface area (Å²) in [4.78, 5) is 13.3. The van der Waals surface area contributed by atoms with Crippen molar-refractivity contribution in [2.75, 3.05) is 30.8 Å². The van der Waals surface area contributed by atoms with Gasteiger partial charge in [0.1, 0.15) is 0 Å². The van der Waals surface area contributed by atoms with Crippen LogP contribution in [0.15, 0.2) is 12.1 Å². The Labute approximate surface area is 99.4 Å². The Hall–Kier alpha value is -1.42. The highest BCUT2D eigenvalue weighted by Crippen LogP contribution is 2.34. The number of nitrogens with two attached hydrogens (primary N) is 1. The Kier molecular flexibility index (Phi) is 2.92. The van der Waals surface area contributed by atoms with Crippen molar-refractivity contribution in [2.45, 2.75) is 6.42 Å². The van der Waals surface area contributed by atoms with Crippen LogP contribution >= 0.6 is 11.6 Å². The molecular weight excluding hydrogens is 226 g/mol. The summed E-state index contributed by atoms with van der Waals surface area (Å²) in [6, 6.07) is 3.62. The smallest absolute Gasteiger partial charge is 0.239 e. The number of halogens is 1. The van der Waals surface area contributed by atoms with Gasteiger partial charge < -0.3 is 16.0 Å². The van der Waals surface area contributed by atoms with Crippen LogP contribution in [0.1, 0.15) is 5.56 Å². The minimum absolute atomic E-state index is 0.00797. The first kappa shape index (κ1) is 11.1. The fourth-order valence-corrected chi connectivity index (χ4v) is 2.20. The monoisotopic (exact) mass is 239 g/mol. The van der Waals surface area contributed by atoms with Gasteiger partial charge in [0.25, 0.3) is 0 Å². The largest absolute Gasteiger partial charge is 0.398 e. The highest BCUT2D eigenvalue weighted by Gasteiger charge is 2.23. The van der Waals surface area contributed by atoms with Crippen LogP contribution in [0.5, 0.6) is 0 Å². The maximum Gasteiger partial charge on any atom is 0.239 e. The second-order valence-corrected chi connectivity index (χ2v) is 4.27. The quantitative estimate of drug-likeness (QED) is 0.758. The van der Waals surface area contributed by atoms with E-state index in [0.29, 0.717) is 17.3 Å².